The molecule has 1 aromatic rings. The molecule has 0 spiro atoms. The van der Waals surface area contributed by atoms with Crippen LogP contribution in [-0.4, -0.2) is 19.2 Å². The third kappa shape index (κ3) is 2.57. The summed E-state index contributed by atoms with van der Waals surface area (Å²) in [5, 5.41) is 3.56. The van der Waals surface area contributed by atoms with Gasteiger partial charge in [-0.15, -0.1) is 0 Å². The second kappa shape index (κ2) is 4.98. The van der Waals surface area contributed by atoms with Gasteiger partial charge in [0.25, 0.3) is 0 Å². The van der Waals surface area contributed by atoms with E-state index in [-0.39, 0.29) is 11.9 Å². The van der Waals surface area contributed by atoms with Crippen LogP contribution in [0.25, 0.3) is 0 Å². The molecule has 114 valence electrons. The SMILES string of the molecule is CCNCC1(CC2Cc3cc(F)ccc3O2)CC2CC2C1. The molecule has 1 N–H and O–H groups in total. The van der Waals surface area contributed by atoms with E-state index >= 15 is 0 Å². The molecule has 2 saturated carbocycles. The highest BCUT2D eigenvalue weighted by atomic mass is 19.1. The molecular formula is C18H24FNO. The van der Waals surface area contributed by atoms with Crippen molar-refractivity contribution in [1.29, 1.82) is 0 Å². The van der Waals surface area contributed by atoms with Gasteiger partial charge in [-0.25, -0.2) is 4.39 Å². The lowest BCUT2D eigenvalue weighted by Gasteiger charge is -2.33. The summed E-state index contributed by atoms with van der Waals surface area (Å²) in [6, 6.07) is 4.92. The van der Waals surface area contributed by atoms with Crippen molar-refractivity contribution in [3.63, 3.8) is 0 Å². The zero-order valence-corrected chi connectivity index (χ0v) is 12.7. The maximum absolute atomic E-state index is 13.3. The third-order valence-electron chi connectivity index (χ3n) is 5.63. The van der Waals surface area contributed by atoms with Crippen molar-refractivity contribution in [3.8, 4) is 5.75 Å². The van der Waals surface area contributed by atoms with Crippen molar-refractivity contribution in [3.05, 3.63) is 29.6 Å². The van der Waals surface area contributed by atoms with Crippen LogP contribution in [0.1, 0.15) is 38.2 Å². The van der Waals surface area contributed by atoms with Crippen molar-refractivity contribution < 1.29 is 9.13 Å². The molecule has 3 unspecified atom stereocenters. The summed E-state index contributed by atoms with van der Waals surface area (Å²) in [6.07, 6.45) is 6.38. The van der Waals surface area contributed by atoms with Gasteiger partial charge in [-0.2, -0.15) is 0 Å². The Kier molecular flexibility index (Phi) is 3.21. The summed E-state index contributed by atoms with van der Waals surface area (Å²) in [5.41, 5.74) is 1.45. The van der Waals surface area contributed by atoms with Crippen LogP contribution in [-0.2, 0) is 6.42 Å². The van der Waals surface area contributed by atoms with E-state index in [0.717, 1.165) is 49.1 Å². The normalized spacial score (nSPS) is 36.2. The average molecular weight is 289 g/mol. The molecule has 0 aromatic heterocycles. The van der Waals surface area contributed by atoms with Crippen molar-refractivity contribution in [2.45, 2.75) is 45.1 Å². The van der Waals surface area contributed by atoms with Gasteiger partial charge in [-0.05, 0) is 67.7 Å². The molecule has 1 aromatic carbocycles. The zero-order chi connectivity index (χ0) is 14.4. The first-order valence-electron chi connectivity index (χ1n) is 8.33. The molecule has 2 aliphatic carbocycles. The summed E-state index contributed by atoms with van der Waals surface area (Å²) in [6.45, 7) is 4.32. The molecule has 1 heterocycles. The molecule has 1 aliphatic heterocycles. The van der Waals surface area contributed by atoms with Gasteiger partial charge >= 0.3 is 0 Å². The van der Waals surface area contributed by atoms with Crippen LogP contribution in [0.5, 0.6) is 5.75 Å². The van der Waals surface area contributed by atoms with Crippen molar-refractivity contribution in [2.75, 3.05) is 13.1 Å². The van der Waals surface area contributed by atoms with Crippen molar-refractivity contribution >= 4 is 0 Å². The van der Waals surface area contributed by atoms with E-state index in [0.29, 0.717) is 5.41 Å². The van der Waals surface area contributed by atoms with Gasteiger partial charge in [0.1, 0.15) is 17.7 Å². The topological polar surface area (TPSA) is 21.3 Å². The van der Waals surface area contributed by atoms with Gasteiger partial charge in [0.2, 0.25) is 0 Å². The lowest BCUT2D eigenvalue weighted by Crippen LogP contribution is -2.37. The van der Waals surface area contributed by atoms with Gasteiger partial charge in [0.05, 0.1) is 0 Å². The number of hydrogen-bond acceptors (Lipinski definition) is 2. The fraction of sp³-hybridized carbons (Fsp3) is 0.667. The molecule has 3 aliphatic rings. The fourth-order valence-electron chi connectivity index (χ4n) is 4.67. The van der Waals surface area contributed by atoms with Gasteiger partial charge in [-0.3, -0.25) is 0 Å². The lowest BCUT2D eigenvalue weighted by atomic mass is 9.77. The predicted molar refractivity (Wildman–Crippen MR) is 80.9 cm³/mol. The highest BCUT2D eigenvalue weighted by Gasteiger charge is 2.54. The number of fused-ring (bicyclic) bond motifs is 2. The van der Waals surface area contributed by atoms with Crippen LogP contribution in [0.2, 0.25) is 0 Å². The second-order valence-electron chi connectivity index (χ2n) is 7.34. The minimum atomic E-state index is -0.150. The van der Waals surface area contributed by atoms with E-state index in [2.05, 4.69) is 12.2 Å². The Hall–Kier alpha value is -1.09. The fourth-order valence-corrected chi connectivity index (χ4v) is 4.67. The number of nitrogens with one attached hydrogen (secondary N) is 1. The van der Waals surface area contributed by atoms with E-state index in [9.17, 15) is 4.39 Å². The zero-order valence-electron chi connectivity index (χ0n) is 12.7. The standard InChI is InChI=1S/C18H24FNO/c1-2-20-11-18(8-13-5-14(13)9-18)10-16-7-12-6-15(19)3-4-17(12)21-16/h3-4,6,13-14,16,20H,2,5,7-11H2,1H3. The highest BCUT2D eigenvalue weighted by molar-refractivity contribution is 5.38. The Morgan fingerprint density at radius 1 is 1.33 bits per heavy atom. The van der Waals surface area contributed by atoms with Gasteiger partial charge in [0, 0.05) is 18.5 Å². The largest absolute Gasteiger partial charge is 0.490 e. The number of rotatable bonds is 5. The maximum atomic E-state index is 13.3. The summed E-state index contributed by atoms with van der Waals surface area (Å²) in [4.78, 5) is 0. The molecule has 0 bridgehead atoms. The second-order valence-corrected chi connectivity index (χ2v) is 7.34. The van der Waals surface area contributed by atoms with Crippen molar-refractivity contribution in [2.24, 2.45) is 17.3 Å². The molecule has 2 nitrogen and oxygen atoms in total. The van der Waals surface area contributed by atoms with E-state index in [4.69, 9.17) is 4.74 Å². The molecule has 2 fully saturated rings. The molecule has 3 atom stereocenters. The number of benzene rings is 1. The molecule has 0 radical (unpaired) electrons. The Balaban J connectivity index is 1.45. The predicted octanol–water partition coefficient (Wildman–Crippen LogP) is 3.55. The van der Waals surface area contributed by atoms with Gasteiger partial charge in [0.15, 0.2) is 0 Å². The van der Waals surface area contributed by atoms with E-state index in [1.807, 2.05) is 0 Å². The number of halogens is 1. The molecule has 4 rings (SSSR count). The lowest BCUT2D eigenvalue weighted by molar-refractivity contribution is 0.124. The molecule has 21 heavy (non-hydrogen) atoms. The van der Waals surface area contributed by atoms with Crippen LogP contribution < -0.4 is 10.1 Å². The van der Waals surface area contributed by atoms with Crippen LogP contribution in [0.3, 0.4) is 0 Å². The summed E-state index contributed by atoms with van der Waals surface area (Å²) in [7, 11) is 0. The average Bonchev–Trinajstić information content (AvgIpc) is 2.91. The Labute approximate surface area is 126 Å². The van der Waals surface area contributed by atoms with Crippen LogP contribution in [0, 0.1) is 23.1 Å². The first kappa shape index (κ1) is 13.6. The molecular weight excluding hydrogens is 265 g/mol. The molecule has 0 saturated heterocycles. The Morgan fingerprint density at radius 3 is 2.90 bits per heavy atom. The highest BCUT2D eigenvalue weighted by Crippen LogP contribution is 2.61. The third-order valence-corrected chi connectivity index (χ3v) is 5.63. The quantitative estimate of drug-likeness (QED) is 0.895. The van der Waals surface area contributed by atoms with E-state index in [1.54, 1.807) is 12.1 Å². The Bertz CT molecular complexity index is 534. The minimum Gasteiger partial charge on any atom is -0.490 e. The van der Waals surface area contributed by atoms with Crippen LogP contribution >= 0.6 is 0 Å². The monoisotopic (exact) mass is 289 g/mol. The van der Waals surface area contributed by atoms with Gasteiger partial charge in [-0.1, -0.05) is 6.92 Å². The van der Waals surface area contributed by atoms with E-state index in [1.165, 1.54) is 25.3 Å². The minimum absolute atomic E-state index is 0.150. The van der Waals surface area contributed by atoms with E-state index < -0.39 is 0 Å². The first-order chi connectivity index (χ1) is 10.2. The van der Waals surface area contributed by atoms with Gasteiger partial charge < -0.3 is 10.1 Å². The smallest absolute Gasteiger partial charge is 0.123 e. The van der Waals surface area contributed by atoms with Crippen LogP contribution in [0.15, 0.2) is 18.2 Å². The summed E-state index contributed by atoms with van der Waals surface area (Å²) < 4.78 is 19.4. The summed E-state index contributed by atoms with van der Waals surface area (Å²) >= 11 is 0. The molecule has 3 heteroatoms. The molecule has 0 amide bonds. The Morgan fingerprint density at radius 2 is 2.14 bits per heavy atom. The number of ether oxygens (including phenoxy) is 1. The van der Waals surface area contributed by atoms with Crippen molar-refractivity contribution in [1.82, 2.24) is 5.32 Å². The summed E-state index contributed by atoms with van der Waals surface area (Å²) in [5.74, 6) is 2.69. The first-order valence-corrected chi connectivity index (χ1v) is 8.33. The maximum Gasteiger partial charge on any atom is 0.123 e. The van der Waals surface area contributed by atoms with Crippen LogP contribution in [0.4, 0.5) is 4.39 Å². The number of hydrogen-bond donors (Lipinski definition) is 1.